The Morgan fingerprint density at radius 3 is 2.82 bits per heavy atom. The zero-order valence-corrected chi connectivity index (χ0v) is 9.93. The predicted molar refractivity (Wildman–Crippen MR) is 64.3 cm³/mol. The van der Waals surface area contributed by atoms with E-state index in [2.05, 4.69) is 11.8 Å². The van der Waals surface area contributed by atoms with Gasteiger partial charge in [-0.25, -0.2) is 0 Å². The summed E-state index contributed by atoms with van der Waals surface area (Å²) < 4.78 is 5.33. The highest BCUT2D eigenvalue weighted by Gasteiger charge is 2.21. The minimum absolute atomic E-state index is 0.0822. The Bertz CT molecular complexity index is 388. The monoisotopic (exact) mass is 235 g/mol. The van der Waals surface area contributed by atoms with E-state index in [-0.39, 0.29) is 17.6 Å². The summed E-state index contributed by atoms with van der Waals surface area (Å²) in [6.07, 6.45) is 0. The molecule has 1 saturated heterocycles. The summed E-state index contributed by atoms with van der Waals surface area (Å²) >= 11 is 0. The van der Waals surface area contributed by atoms with E-state index in [0.717, 1.165) is 6.54 Å². The molecule has 1 aliphatic heterocycles. The van der Waals surface area contributed by atoms with Crippen LogP contribution in [0.4, 0.5) is 0 Å². The molecule has 1 aliphatic rings. The lowest BCUT2D eigenvalue weighted by Crippen LogP contribution is -2.45. The number of morpholine rings is 1. The van der Waals surface area contributed by atoms with E-state index in [1.807, 2.05) is 0 Å². The van der Waals surface area contributed by atoms with Gasteiger partial charge in [-0.3, -0.25) is 9.69 Å². The smallest absolute Gasteiger partial charge is 0.176 e. The van der Waals surface area contributed by atoms with Crippen molar-refractivity contribution in [2.75, 3.05) is 26.3 Å². The minimum atomic E-state index is 0.0822. The molecule has 1 aromatic rings. The second-order valence-electron chi connectivity index (χ2n) is 4.36. The summed E-state index contributed by atoms with van der Waals surface area (Å²) in [7, 11) is 0. The van der Waals surface area contributed by atoms with Crippen molar-refractivity contribution >= 4 is 5.78 Å². The molecule has 0 saturated carbocycles. The first-order valence-corrected chi connectivity index (χ1v) is 5.81. The Kier molecular flexibility index (Phi) is 3.76. The number of benzene rings is 1. The molecule has 0 amide bonds. The van der Waals surface area contributed by atoms with Gasteiger partial charge in [0.1, 0.15) is 5.75 Å². The van der Waals surface area contributed by atoms with Gasteiger partial charge in [0.05, 0.1) is 19.8 Å². The average Bonchev–Trinajstić information content (AvgIpc) is 2.33. The van der Waals surface area contributed by atoms with Crippen LogP contribution < -0.4 is 0 Å². The average molecular weight is 235 g/mol. The van der Waals surface area contributed by atoms with Gasteiger partial charge >= 0.3 is 0 Å². The van der Waals surface area contributed by atoms with Crippen LogP contribution in [0.3, 0.4) is 0 Å². The Hall–Kier alpha value is -1.39. The van der Waals surface area contributed by atoms with Gasteiger partial charge in [0.2, 0.25) is 0 Å². The van der Waals surface area contributed by atoms with Crippen LogP contribution in [0.2, 0.25) is 0 Å². The van der Waals surface area contributed by atoms with E-state index in [9.17, 15) is 4.79 Å². The maximum atomic E-state index is 12.0. The number of nitrogens with zero attached hydrogens (tertiary/aromatic N) is 1. The Morgan fingerprint density at radius 2 is 2.18 bits per heavy atom. The van der Waals surface area contributed by atoms with Crippen molar-refractivity contribution in [3.63, 3.8) is 0 Å². The van der Waals surface area contributed by atoms with Gasteiger partial charge in [0.15, 0.2) is 5.78 Å². The molecule has 1 N–H and O–H groups in total. The minimum Gasteiger partial charge on any atom is -0.508 e. The highest BCUT2D eigenvalue weighted by Crippen LogP contribution is 2.12. The number of hydrogen-bond donors (Lipinski definition) is 1. The number of aromatic hydroxyl groups is 1. The molecule has 4 nitrogen and oxygen atoms in total. The Balaban J connectivity index is 1.98. The van der Waals surface area contributed by atoms with Gasteiger partial charge in [0.25, 0.3) is 0 Å². The molecule has 17 heavy (non-hydrogen) atoms. The summed E-state index contributed by atoms with van der Waals surface area (Å²) in [5.74, 6) is 0.264. The number of rotatable bonds is 3. The van der Waals surface area contributed by atoms with Gasteiger partial charge in [-0.1, -0.05) is 0 Å². The first-order valence-electron chi connectivity index (χ1n) is 5.81. The molecule has 0 aliphatic carbocycles. The number of Topliss-reactive ketones (excluding diaryl/α,β-unsaturated/α-hetero) is 1. The van der Waals surface area contributed by atoms with E-state index in [1.165, 1.54) is 12.1 Å². The van der Waals surface area contributed by atoms with Crippen LogP contribution >= 0.6 is 0 Å². The maximum Gasteiger partial charge on any atom is 0.176 e. The van der Waals surface area contributed by atoms with E-state index < -0.39 is 0 Å². The molecule has 1 unspecified atom stereocenters. The van der Waals surface area contributed by atoms with Crippen molar-refractivity contribution in [3.8, 4) is 5.75 Å². The van der Waals surface area contributed by atoms with Crippen LogP contribution in [0.25, 0.3) is 0 Å². The first-order chi connectivity index (χ1) is 8.16. The molecule has 92 valence electrons. The SMILES string of the molecule is CC1COCCN1CC(=O)c1ccc(O)cc1. The fourth-order valence-electron chi connectivity index (χ4n) is 1.92. The predicted octanol–water partition coefficient (Wildman–Crippen LogP) is 1.30. The van der Waals surface area contributed by atoms with Gasteiger partial charge < -0.3 is 9.84 Å². The highest BCUT2D eigenvalue weighted by atomic mass is 16.5. The van der Waals surface area contributed by atoms with Gasteiger partial charge in [-0.2, -0.15) is 0 Å². The lowest BCUT2D eigenvalue weighted by molar-refractivity contribution is 0.00201. The van der Waals surface area contributed by atoms with Crippen molar-refractivity contribution < 1.29 is 14.6 Å². The van der Waals surface area contributed by atoms with Crippen LogP contribution in [0.15, 0.2) is 24.3 Å². The maximum absolute atomic E-state index is 12.0. The molecule has 2 rings (SSSR count). The lowest BCUT2D eigenvalue weighted by atomic mass is 10.1. The van der Waals surface area contributed by atoms with Crippen LogP contribution in [0, 0.1) is 0 Å². The van der Waals surface area contributed by atoms with Crippen molar-refractivity contribution in [1.29, 1.82) is 0 Å². The number of ketones is 1. The molecule has 4 heteroatoms. The third kappa shape index (κ3) is 3.05. The molecule has 0 radical (unpaired) electrons. The molecule has 1 fully saturated rings. The van der Waals surface area contributed by atoms with Crippen LogP contribution in [-0.4, -0.2) is 48.1 Å². The van der Waals surface area contributed by atoms with Crippen molar-refractivity contribution in [1.82, 2.24) is 4.90 Å². The standard InChI is InChI=1S/C13H17NO3/c1-10-9-17-7-6-14(10)8-13(16)11-2-4-12(15)5-3-11/h2-5,10,15H,6-9H2,1H3. The Labute approximate surface area is 101 Å². The third-order valence-corrected chi connectivity index (χ3v) is 3.04. The molecule has 0 bridgehead atoms. The third-order valence-electron chi connectivity index (χ3n) is 3.04. The van der Waals surface area contributed by atoms with Gasteiger partial charge in [0, 0.05) is 18.2 Å². The van der Waals surface area contributed by atoms with Crippen molar-refractivity contribution in [2.45, 2.75) is 13.0 Å². The van der Waals surface area contributed by atoms with Gasteiger partial charge in [-0.05, 0) is 31.2 Å². The fourth-order valence-corrected chi connectivity index (χ4v) is 1.92. The second-order valence-corrected chi connectivity index (χ2v) is 4.36. The number of phenolic OH excluding ortho intramolecular Hbond substituents is 1. The van der Waals surface area contributed by atoms with Crippen LogP contribution in [0.1, 0.15) is 17.3 Å². The van der Waals surface area contributed by atoms with Crippen molar-refractivity contribution in [3.05, 3.63) is 29.8 Å². The molecular weight excluding hydrogens is 218 g/mol. The zero-order valence-electron chi connectivity index (χ0n) is 9.93. The topological polar surface area (TPSA) is 49.8 Å². The fraction of sp³-hybridized carbons (Fsp3) is 0.462. The van der Waals surface area contributed by atoms with Crippen molar-refractivity contribution in [2.24, 2.45) is 0 Å². The summed E-state index contributed by atoms with van der Waals surface area (Å²) in [6.45, 7) is 4.64. The summed E-state index contributed by atoms with van der Waals surface area (Å²) in [6, 6.07) is 6.67. The summed E-state index contributed by atoms with van der Waals surface area (Å²) in [5.41, 5.74) is 0.640. The normalized spacial score (nSPS) is 21.4. The number of carbonyl (C=O) groups is 1. The molecule has 0 aromatic heterocycles. The molecule has 1 aromatic carbocycles. The zero-order chi connectivity index (χ0) is 12.3. The number of hydrogen-bond acceptors (Lipinski definition) is 4. The first kappa shape index (κ1) is 12.1. The van der Waals surface area contributed by atoms with Crippen LogP contribution in [0.5, 0.6) is 5.75 Å². The van der Waals surface area contributed by atoms with E-state index >= 15 is 0 Å². The van der Waals surface area contributed by atoms with Crippen LogP contribution in [-0.2, 0) is 4.74 Å². The quantitative estimate of drug-likeness (QED) is 0.802. The number of phenols is 1. The largest absolute Gasteiger partial charge is 0.508 e. The summed E-state index contributed by atoms with van der Waals surface area (Å²) in [5, 5.41) is 9.16. The second kappa shape index (κ2) is 5.29. The summed E-state index contributed by atoms with van der Waals surface area (Å²) in [4.78, 5) is 14.1. The van der Waals surface area contributed by atoms with E-state index in [4.69, 9.17) is 9.84 Å². The van der Waals surface area contributed by atoms with E-state index in [0.29, 0.717) is 25.3 Å². The number of carbonyl (C=O) groups excluding carboxylic acids is 1. The number of ether oxygens (including phenoxy) is 1. The molecule has 0 spiro atoms. The lowest BCUT2D eigenvalue weighted by Gasteiger charge is -2.32. The Morgan fingerprint density at radius 1 is 1.47 bits per heavy atom. The molecular formula is C13H17NO3. The molecule has 1 heterocycles. The van der Waals surface area contributed by atoms with Gasteiger partial charge in [-0.15, -0.1) is 0 Å². The van der Waals surface area contributed by atoms with E-state index in [1.54, 1.807) is 12.1 Å². The highest BCUT2D eigenvalue weighted by molar-refractivity contribution is 5.97. The molecule has 1 atom stereocenters.